The maximum absolute atomic E-state index is 3.71. The first-order valence-corrected chi connectivity index (χ1v) is 13.4. The zero-order valence-electron chi connectivity index (χ0n) is 22.3. The monoisotopic (exact) mass is 481 g/mol. The fourth-order valence-corrected chi connectivity index (χ4v) is 6.15. The van der Waals surface area contributed by atoms with Crippen LogP contribution < -0.4 is 5.32 Å². The van der Waals surface area contributed by atoms with Gasteiger partial charge in [0, 0.05) is 16.9 Å². The molecule has 0 saturated carbocycles. The number of para-hydroxylation sites is 1. The van der Waals surface area contributed by atoms with Gasteiger partial charge in [0.25, 0.3) is 0 Å². The smallest absolute Gasteiger partial charge is 0.0464 e. The van der Waals surface area contributed by atoms with Crippen LogP contribution in [0.3, 0.4) is 0 Å². The summed E-state index contributed by atoms with van der Waals surface area (Å²) in [6, 6.07) is 39.6. The predicted octanol–water partition coefficient (Wildman–Crippen LogP) is 10.3. The first-order chi connectivity index (χ1) is 17.8. The lowest BCUT2D eigenvalue weighted by atomic mass is 9.61. The average Bonchev–Trinajstić information content (AvgIpc) is 2.92. The average molecular weight is 482 g/mol. The summed E-state index contributed by atoms with van der Waals surface area (Å²) < 4.78 is 0. The van der Waals surface area contributed by atoms with Crippen molar-refractivity contribution in [3.05, 3.63) is 120 Å². The number of hydrogen-bond acceptors (Lipinski definition) is 1. The van der Waals surface area contributed by atoms with Gasteiger partial charge in [-0.1, -0.05) is 119 Å². The van der Waals surface area contributed by atoms with E-state index in [0.717, 1.165) is 11.4 Å². The van der Waals surface area contributed by atoms with E-state index in [9.17, 15) is 0 Å². The molecule has 0 saturated heterocycles. The molecule has 1 nitrogen and oxygen atoms in total. The minimum Gasteiger partial charge on any atom is -0.355 e. The van der Waals surface area contributed by atoms with Gasteiger partial charge in [0.05, 0.1) is 0 Å². The molecule has 0 amide bonds. The van der Waals surface area contributed by atoms with Gasteiger partial charge in [0.2, 0.25) is 0 Å². The minimum atomic E-state index is 0.176. The van der Waals surface area contributed by atoms with Gasteiger partial charge in [-0.3, -0.25) is 0 Å². The number of rotatable bonds is 4. The van der Waals surface area contributed by atoms with E-state index in [0.29, 0.717) is 0 Å². The summed E-state index contributed by atoms with van der Waals surface area (Å²) in [5, 5.41) is 6.24. The molecular formula is C36H35N. The molecule has 6 rings (SSSR count). The molecule has 1 aliphatic rings. The van der Waals surface area contributed by atoms with Crippen molar-refractivity contribution in [1.82, 2.24) is 0 Å². The Morgan fingerprint density at radius 1 is 0.541 bits per heavy atom. The van der Waals surface area contributed by atoms with Crippen molar-refractivity contribution in [2.75, 3.05) is 5.32 Å². The highest BCUT2D eigenvalue weighted by Gasteiger charge is 2.38. The molecule has 0 radical (unpaired) electrons. The summed E-state index contributed by atoms with van der Waals surface area (Å²) in [6.45, 7) is 9.60. The van der Waals surface area contributed by atoms with Gasteiger partial charge in [-0.25, -0.2) is 0 Å². The number of benzene rings is 5. The van der Waals surface area contributed by atoms with Crippen molar-refractivity contribution in [2.24, 2.45) is 0 Å². The van der Waals surface area contributed by atoms with Crippen LogP contribution in [0.4, 0.5) is 11.4 Å². The van der Waals surface area contributed by atoms with Gasteiger partial charge in [0.15, 0.2) is 0 Å². The molecule has 0 heterocycles. The molecule has 37 heavy (non-hydrogen) atoms. The summed E-state index contributed by atoms with van der Waals surface area (Å²) >= 11 is 0. The predicted molar refractivity (Wildman–Crippen MR) is 160 cm³/mol. The van der Waals surface area contributed by atoms with Crippen molar-refractivity contribution < 1.29 is 0 Å². The largest absolute Gasteiger partial charge is 0.355 e. The topological polar surface area (TPSA) is 12.0 Å². The van der Waals surface area contributed by atoms with Gasteiger partial charge in [-0.15, -0.1) is 0 Å². The minimum absolute atomic E-state index is 0.176. The van der Waals surface area contributed by atoms with Crippen LogP contribution in [0.1, 0.15) is 51.7 Å². The highest BCUT2D eigenvalue weighted by Crippen LogP contribution is 2.49. The van der Waals surface area contributed by atoms with Crippen LogP contribution in [-0.4, -0.2) is 0 Å². The van der Waals surface area contributed by atoms with Gasteiger partial charge in [0.1, 0.15) is 0 Å². The molecule has 0 spiro atoms. The second-order valence-corrected chi connectivity index (χ2v) is 11.8. The lowest BCUT2D eigenvalue weighted by Crippen LogP contribution is -2.34. The van der Waals surface area contributed by atoms with Crippen LogP contribution in [0, 0.1) is 0 Å². The Morgan fingerprint density at radius 3 is 2.00 bits per heavy atom. The van der Waals surface area contributed by atoms with Crippen molar-refractivity contribution in [3.63, 3.8) is 0 Å². The lowest BCUT2D eigenvalue weighted by molar-refractivity contribution is 0.333. The maximum atomic E-state index is 3.71. The molecule has 0 aromatic heterocycles. The second-order valence-electron chi connectivity index (χ2n) is 11.8. The van der Waals surface area contributed by atoms with Crippen LogP contribution >= 0.6 is 0 Å². The molecule has 1 heteroatoms. The van der Waals surface area contributed by atoms with Gasteiger partial charge >= 0.3 is 0 Å². The Bertz CT molecular complexity index is 1580. The van der Waals surface area contributed by atoms with Crippen molar-refractivity contribution in [2.45, 2.75) is 51.4 Å². The van der Waals surface area contributed by atoms with E-state index in [1.807, 2.05) is 0 Å². The summed E-state index contributed by atoms with van der Waals surface area (Å²) in [6.07, 6.45) is 2.45. The first kappa shape index (κ1) is 23.6. The second kappa shape index (κ2) is 8.92. The Morgan fingerprint density at radius 2 is 1.16 bits per heavy atom. The maximum Gasteiger partial charge on any atom is 0.0464 e. The van der Waals surface area contributed by atoms with Crippen LogP contribution in [0.2, 0.25) is 0 Å². The van der Waals surface area contributed by atoms with Crippen LogP contribution in [0.25, 0.3) is 33.0 Å². The number of hydrogen-bond donors (Lipinski definition) is 1. The number of fused-ring (bicyclic) bond motifs is 2. The highest BCUT2D eigenvalue weighted by atomic mass is 14.9. The Hall–Kier alpha value is -3.84. The summed E-state index contributed by atoms with van der Waals surface area (Å²) in [4.78, 5) is 0. The highest BCUT2D eigenvalue weighted by molar-refractivity contribution is 6.00. The SMILES string of the molecule is CC1(C)CCC(C)(C)c2c(-c3ccc(Nc4ccccc4-c4cccc5ccccc45)cc3)cccc21. The third kappa shape index (κ3) is 4.23. The van der Waals surface area contributed by atoms with E-state index < -0.39 is 0 Å². The van der Waals surface area contributed by atoms with Crippen molar-refractivity contribution in [3.8, 4) is 22.3 Å². The molecular weight excluding hydrogens is 446 g/mol. The van der Waals surface area contributed by atoms with E-state index in [4.69, 9.17) is 0 Å². The van der Waals surface area contributed by atoms with E-state index >= 15 is 0 Å². The fourth-order valence-electron chi connectivity index (χ4n) is 6.15. The normalized spacial score (nSPS) is 15.8. The van der Waals surface area contributed by atoms with Gasteiger partial charge < -0.3 is 5.32 Å². The molecule has 0 bridgehead atoms. The molecule has 0 aliphatic heterocycles. The summed E-state index contributed by atoms with van der Waals surface area (Å²) in [5.74, 6) is 0. The molecule has 0 fully saturated rings. The molecule has 5 aromatic carbocycles. The molecule has 0 unspecified atom stereocenters. The first-order valence-electron chi connectivity index (χ1n) is 13.4. The summed E-state index contributed by atoms with van der Waals surface area (Å²) in [5.41, 5.74) is 10.8. The Kier molecular flexibility index (Phi) is 5.68. The van der Waals surface area contributed by atoms with Gasteiger partial charge in [-0.05, 0) is 80.5 Å². The zero-order valence-corrected chi connectivity index (χ0v) is 22.3. The third-order valence-corrected chi connectivity index (χ3v) is 8.33. The molecule has 0 atom stereocenters. The van der Waals surface area contributed by atoms with Crippen molar-refractivity contribution >= 4 is 22.1 Å². The lowest BCUT2D eigenvalue weighted by Gasteiger charge is -2.43. The Balaban J connectivity index is 1.36. The fraction of sp³-hybridized carbons (Fsp3) is 0.222. The van der Waals surface area contributed by atoms with E-state index in [2.05, 4.69) is 142 Å². The van der Waals surface area contributed by atoms with E-state index in [-0.39, 0.29) is 10.8 Å². The van der Waals surface area contributed by atoms with Crippen LogP contribution in [0.5, 0.6) is 0 Å². The number of anilines is 2. The summed E-state index contributed by atoms with van der Waals surface area (Å²) in [7, 11) is 0. The van der Waals surface area contributed by atoms with Gasteiger partial charge in [-0.2, -0.15) is 0 Å². The van der Waals surface area contributed by atoms with E-state index in [1.54, 1.807) is 0 Å². The molecule has 184 valence electrons. The number of nitrogens with one attached hydrogen (secondary N) is 1. The molecule has 1 N–H and O–H groups in total. The van der Waals surface area contributed by atoms with E-state index in [1.165, 1.54) is 57.0 Å². The Labute approximate surface area is 221 Å². The van der Waals surface area contributed by atoms with Crippen LogP contribution in [-0.2, 0) is 10.8 Å². The van der Waals surface area contributed by atoms with Crippen molar-refractivity contribution in [1.29, 1.82) is 0 Å². The third-order valence-electron chi connectivity index (χ3n) is 8.33. The molecule has 5 aromatic rings. The zero-order chi connectivity index (χ0) is 25.6. The standard InChI is InChI=1S/C36H35N/c1-35(2)23-24-36(3,4)34-29(15-10-17-32(34)35)26-19-21-27(22-20-26)37-33-18-8-7-14-31(33)30-16-9-12-25-11-5-6-13-28(25)30/h5-22,37H,23-24H2,1-4H3. The quantitative estimate of drug-likeness (QED) is 0.269. The van der Waals surface area contributed by atoms with Crippen LogP contribution in [0.15, 0.2) is 109 Å². The molecule has 1 aliphatic carbocycles.